The van der Waals surface area contributed by atoms with Gasteiger partial charge in [0, 0.05) is 48.2 Å². The van der Waals surface area contributed by atoms with Crippen LogP contribution in [0.1, 0.15) is 23.6 Å². The molecule has 35 heavy (non-hydrogen) atoms. The molecule has 0 unspecified atom stereocenters. The van der Waals surface area contributed by atoms with Crippen molar-refractivity contribution in [3.05, 3.63) is 108 Å². The first-order chi connectivity index (χ1) is 17.1. The van der Waals surface area contributed by atoms with Crippen LogP contribution >= 0.6 is 0 Å². The van der Waals surface area contributed by atoms with E-state index in [9.17, 15) is 9.59 Å². The van der Waals surface area contributed by atoms with Gasteiger partial charge in [-0.3, -0.25) is 14.3 Å². The molecule has 1 aliphatic heterocycles. The van der Waals surface area contributed by atoms with Crippen LogP contribution in [0.2, 0.25) is 0 Å². The summed E-state index contributed by atoms with van der Waals surface area (Å²) in [5.41, 5.74) is 6.54. The molecule has 5 rings (SSSR count). The molecule has 0 bridgehead atoms. The molecule has 0 spiro atoms. The zero-order valence-corrected chi connectivity index (χ0v) is 19.5. The maximum absolute atomic E-state index is 12.7. The smallest absolute Gasteiger partial charge is 0.248 e. The molecule has 6 nitrogen and oxygen atoms in total. The molecule has 1 aromatic heterocycles. The molecular weight excluding hydrogens is 436 g/mol. The second kappa shape index (κ2) is 9.81. The Bertz CT molecular complexity index is 1390. The van der Waals surface area contributed by atoms with E-state index < -0.39 is 0 Å². The van der Waals surface area contributed by atoms with E-state index >= 15 is 0 Å². The molecule has 174 valence electrons. The van der Waals surface area contributed by atoms with Gasteiger partial charge in [0.2, 0.25) is 11.8 Å². The van der Waals surface area contributed by atoms with Crippen molar-refractivity contribution >= 4 is 29.3 Å². The number of hydrogen-bond donors (Lipinski definition) is 1. The van der Waals surface area contributed by atoms with Crippen molar-refractivity contribution in [2.24, 2.45) is 0 Å². The molecule has 1 aliphatic rings. The number of amides is 2. The lowest BCUT2D eigenvalue weighted by atomic mass is 10.1. The molecular formula is C29H26N4O2. The maximum Gasteiger partial charge on any atom is 0.248 e. The number of rotatable bonds is 6. The zero-order valence-electron chi connectivity index (χ0n) is 19.5. The van der Waals surface area contributed by atoms with Crippen LogP contribution in [0.15, 0.2) is 91.1 Å². The molecule has 0 aliphatic carbocycles. The van der Waals surface area contributed by atoms with Crippen molar-refractivity contribution in [1.29, 1.82) is 0 Å². The van der Waals surface area contributed by atoms with Gasteiger partial charge in [-0.15, -0.1) is 0 Å². The van der Waals surface area contributed by atoms with Gasteiger partial charge in [0.25, 0.3) is 0 Å². The highest BCUT2D eigenvalue weighted by Crippen LogP contribution is 2.30. The lowest BCUT2D eigenvalue weighted by Crippen LogP contribution is -2.25. The number of carbonyl (C=O) groups is 2. The summed E-state index contributed by atoms with van der Waals surface area (Å²) in [6.07, 6.45) is 6.09. The van der Waals surface area contributed by atoms with Gasteiger partial charge in [-0.2, -0.15) is 5.10 Å². The molecule has 0 atom stereocenters. The lowest BCUT2D eigenvalue weighted by Gasteiger charge is -2.14. The summed E-state index contributed by atoms with van der Waals surface area (Å²) < 4.78 is 1.90. The number of nitrogens with one attached hydrogen (secondary N) is 1. The van der Waals surface area contributed by atoms with Gasteiger partial charge < -0.3 is 10.2 Å². The summed E-state index contributed by atoms with van der Waals surface area (Å²) >= 11 is 0. The third kappa shape index (κ3) is 5.06. The minimum atomic E-state index is -0.221. The minimum absolute atomic E-state index is 0.0329. The first-order valence-corrected chi connectivity index (χ1v) is 11.6. The quantitative estimate of drug-likeness (QED) is 0.403. The minimum Gasteiger partial charge on any atom is -0.323 e. The fraction of sp³-hybridized carbons (Fsp3) is 0.138. The van der Waals surface area contributed by atoms with E-state index in [4.69, 9.17) is 5.10 Å². The van der Waals surface area contributed by atoms with Crippen LogP contribution in [0.3, 0.4) is 0 Å². The fourth-order valence-electron chi connectivity index (χ4n) is 4.39. The summed E-state index contributed by atoms with van der Waals surface area (Å²) in [5, 5.41) is 7.74. The molecule has 1 N–H and O–H groups in total. The van der Waals surface area contributed by atoms with Gasteiger partial charge in [0.1, 0.15) is 0 Å². The molecule has 0 fully saturated rings. The van der Waals surface area contributed by atoms with Gasteiger partial charge in [-0.1, -0.05) is 60.7 Å². The van der Waals surface area contributed by atoms with Crippen molar-refractivity contribution in [2.45, 2.75) is 19.9 Å². The zero-order chi connectivity index (χ0) is 24.2. The fourth-order valence-corrected chi connectivity index (χ4v) is 4.39. The summed E-state index contributed by atoms with van der Waals surface area (Å²) in [6, 6.07) is 25.8. The average Bonchev–Trinajstić information content (AvgIpc) is 3.48. The monoisotopic (exact) mass is 462 g/mol. The Kier molecular flexibility index (Phi) is 6.26. The molecule has 2 amide bonds. The van der Waals surface area contributed by atoms with E-state index in [2.05, 4.69) is 17.4 Å². The summed E-state index contributed by atoms with van der Waals surface area (Å²) in [6.45, 7) is 2.89. The van der Waals surface area contributed by atoms with Crippen LogP contribution in [-0.4, -0.2) is 28.1 Å². The number of anilines is 2. The standard InChI is InChI=1S/C29H26N4O2/c1-21(34)33-17-16-24-18-26(13-14-27(24)33)30-28(35)15-12-25-20-32(19-22-8-4-2-5-9-22)31-29(25)23-10-6-3-7-11-23/h2-15,18,20H,16-17,19H2,1H3,(H,30,35)/b15-12+. The third-order valence-electron chi connectivity index (χ3n) is 6.06. The van der Waals surface area contributed by atoms with Crippen LogP contribution in [0.25, 0.3) is 17.3 Å². The predicted molar refractivity (Wildman–Crippen MR) is 139 cm³/mol. The Morgan fingerprint density at radius 3 is 2.49 bits per heavy atom. The number of benzene rings is 3. The topological polar surface area (TPSA) is 67.2 Å². The predicted octanol–water partition coefficient (Wildman–Crippen LogP) is 5.16. The Morgan fingerprint density at radius 1 is 1.00 bits per heavy atom. The Morgan fingerprint density at radius 2 is 1.74 bits per heavy atom. The van der Waals surface area contributed by atoms with Crippen molar-refractivity contribution in [3.8, 4) is 11.3 Å². The Labute approximate surface area is 204 Å². The van der Waals surface area contributed by atoms with Crippen molar-refractivity contribution < 1.29 is 9.59 Å². The van der Waals surface area contributed by atoms with Gasteiger partial charge in [-0.25, -0.2) is 0 Å². The second-order valence-corrected chi connectivity index (χ2v) is 8.57. The lowest BCUT2D eigenvalue weighted by molar-refractivity contribution is -0.116. The highest BCUT2D eigenvalue weighted by molar-refractivity contribution is 6.03. The van der Waals surface area contributed by atoms with E-state index in [-0.39, 0.29) is 11.8 Å². The summed E-state index contributed by atoms with van der Waals surface area (Å²) in [5.74, 6) is -0.188. The number of aromatic nitrogens is 2. The van der Waals surface area contributed by atoms with E-state index in [0.717, 1.165) is 40.1 Å². The molecule has 0 saturated heterocycles. The van der Waals surface area contributed by atoms with Crippen LogP contribution < -0.4 is 10.2 Å². The molecule has 0 saturated carbocycles. The Balaban J connectivity index is 1.35. The number of fused-ring (bicyclic) bond motifs is 1. The van der Waals surface area contributed by atoms with Crippen LogP contribution in [0.4, 0.5) is 11.4 Å². The van der Waals surface area contributed by atoms with Crippen molar-refractivity contribution in [3.63, 3.8) is 0 Å². The normalized spacial score (nSPS) is 12.7. The molecule has 3 aromatic carbocycles. The summed E-state index contributed by atoms with van der Waals surface area (Å²) in [4.78, 5) is 26.2. The highest BCUT2D eigenvalue weighted by atomic mass is 16.2. The van der Waals surface area contributed by atoms with E-state index in [1.165, 1.54) is 6.08 Å². The van der Waals surface area contributed by atoms with Gasteiger partial charge in [0.05, 0.1) is 12.2 Å². The molecule has 2 heterocycles. The van der Waals surface area contributed by atoms with E-state index in [0.29, 0.717) is 18.8 Å². The molecule has 0 radical (unpaired) electrons. The first kappa shape index (κ1) is 22.3. The van der Waals surface area contributed by atoms with Crippen LogP contribution in [0.5, 0.6) is 0 Å². The summed E-state index contributed by atoms with van der Waals surface area (Å²) in [7, 11) is 0. The van der Waals surface area contributed by atoms with E-state index in [1.807, 2.05) is 77.6 Å². The van der Waals surface area contributed by atoms with Gasteiger partial charge in [0.15, 0.2) is 0 Å². The largest absolute Gasteiger partial charge is 0.323 e. The Hall–Kier alpha value is -4.45. The average molecular weight is 463 g/mol. The molecule has 6 heteroatoms. The van der Waals surface area contributed by atoms with Gasteiger partial charge in [-0.05, 0) is 41.8 Å². The van der Waals surface area contributed by atoms with E-state index in [1.54, 1.807) is 17.9 Å². The second-order valence-electron chi connectivity index (χ2n) is 8.57. The maximum atomic E-state index is 12.7. The third-order valence-corrected chi connectivity index (χ3v) is 6.06. The first-order valence-electron chi connectivity index (χ1n) is 11.6. The number of nitrogens with zero attached hydrogens (tertiary/aromatic N) is 3. The van der Waals surface area contributed by atoms with Crippen LogP contribution in [-0.2, 0) is 22.6 Å². The van der Waals surface area contributed by atoms with Crippen LogP contribution in [0, 0.1) is 0 Å². The van der Waals surface area contributed by atoms with Crippen molar-refractivity contribution in [2.75, 3.05) is 16.8 Å². The highest BCUT2D eigenvalue weighted by Gasteiger charge is 2.22. The number of carbonyl (C=O) groups excluding carboxylic acids is 2. The number of hydrogen-bond acceptors (Lipinski definition) is 3. The van der Waals surface area contributed by atoms with Crippen molar-refractivity contribution in [1.82, 2.24) is 9.78 Å². The molecule has 4 aromatic rings. The van der Waals surface area contributed by atoms with Gasteiger partial charge >= 0.3 is 0 Å². The SMILES string of the molecule is CC(=O)N1CCc2cc(NC(=O)/C=C/c3cn(Cc4ccccc4)nc3-c3ccccc3)ccc21.